The van der Waals surface area contributed by atoms with Crippen LogP contribution < -0.4 is 16.4 Å². The van der Waals surface area contributed by atoms with Crippen LogP contribution in [0.2, 0.25) is 0 Å². The van der Waals surface area contributed by atoms with Crippen molar-refractivity contribution in [1.29, 1.82) is 5.26 Å². The molecule has 33 heavy (non-hydrogen) atoms. The predicted molar refractivity (Wildman–Crippen MR) is 119 cm³/mol. The summed E-state index contributed by atoms with van der Waals surface area (Å²) in [5.41, 5.74) is 8.49. The van der Waals surface area contributed by atoms with E-state index in [2.05, 4.69) is 31.4 Å². The third kappa shape index (κ3) is 4.75. The van der Waals surface area contributed by atoms with E-state index in [0.717, 1.165) is 12.8 Å². The van der Waals surface area contributed by atoms with E-state index in [0.29, 0.717) is 41.3 Å². The summed E-state index contributed by atoms with van der Waals surface area (Å²) in [5.74, 6) is 0.334. The zero-order valence-corrected chi connectivity index (χ0v) is 18.2. The van der Waals surface area contributed by atoms with Crippen molar-refractivity contribution in [3.8, 4) is 17.3 Å². The number of nitriles is 1. The number of H-pyrrole nitrogens is 1. The van der Waals surface area contributed by atoms with Crippen LogP contribution in [0.25, 0.3) is 11.3 Å². The second kappa shape index (κ2) is 9.46. The number of carbonyl (C=O) groups is 2. The Hall–Kier alpha value is -3.65. The molecule has 2 aliphatic rings. The minimum absolute atomic E-state index is 0.0845. The predicted octanol–water partition coefficient (Wildman–Crippen LogP) is 2.66. The molecule has 3 heterocycles. The molecule has 0 aliphatic carbocycles. The first-order valence-corrected chi connectivity index (χ1v) is 10.8. The molecule has 2 aliphatic heterocycles. The number of methoxy groups -OCH3 is 1. The van der Waals surface area contributed by atoms with Crippen LogP contribution in [0, 0.1) is 11.3 Å². The van der Waals surface area contributed by atoms with Crippen molar-refractivity contribution >= 4 is 23.4 Å². The molecule has 11 heteroatoms. The molecule has 2 atom stereocenters. The number of alkyl halides is 1. The van der Waals surface area contributed by atoms with Gasteiger partial charge in [0.05, 0.1) is 31.9 Å². The third-order valence-corrected chi connectivity index (χ3v) is 5.93. The van der Waals surface area contributed by atoms with E-state index >= 15 is 0 Å². The van der Waals surface area contributed by atoms with Crippen molar-refractivity contribution < 1.29 is 18.7 Å². The highest BCUT2D eigenvalue weighted by Gasteiger charge is 2.35. The summed E-state index contributed by atoms with van der Waals surface area (Å²) in [4.78, 5) is 33.8. The first-order chi connectivity index (χ1) is 15.9. The van der Waals surface area contributed by atoms with Crippen molar-refractivity contribution in [2.75, 3.05) is 30.8 Å². The molecule has 10 nitrogen and oxygen atoms in total. The number of aromatic nitrogens is 2. The Morgan fingerprint density at radius 1 is 1.33 bits per heavy atom. The monoisotopic (exact) mass is 455 g/mol. The first-order valence-electron chi connectivity index (χ1n) is 10.8. The number of imidazole rings is 1. The summed E-state index contributed by atoms with van der Waals surface area (Å²) >= 11 is 0. The number of ether oxygens (including phenoxy) is 1. The molecule has 5 N–H and O–H groups in total. The van der Waals surface area contributed by atoms with E-state index in [9.17, 15) is 19.2 Å². The van der Waals surface area contributed by atoms with Gasteiger partial charge in [0.2, 0.25) is 5.91 Å². The minimum atomic E-state index is -0.997. The van der Waals surface area contributed by atoms with Crippen LogP contribution in [0.5, 0.6) is 0 Å². The third-order valence-electron chi connectivity index (χ3n) is 5.93. The summed E-state index contributed by atoms with van der Waals surface area (Å²) < 4.78 is 18.1. The maximum Gasteiger partial charge on any atom is 0.411 e. The van der Waals surface area contributed by atoms with Crippen molar-refractivity contribution in [3.63, 3.8) is 0 Å². The number of rotatable bonds is 2. The topological polar surface area (TPSA) is 149 Å². The van der Waals surface area contributed by atoms with Crippen molar-refractivity contribution in [3.05, 3.63) is 29.7 Å². The molecule has 0 saturated carbocycles. The molecule has 4 rings (SSSR count). The lowest BCUT2D eigenvalue weighted by atomic mass is 10.0. The van der Waals surface area contributed by atoms with Gasteiger partial charge in [-0.05, 0) is 31.0 Å². The van der Waals surface area contributed by atoms with E-state index in [-0.39, 0.29) is 30.7 Å². The number of likely N-dealkylation sites (tertiary alicyclic amines) is 1. The average molecular weight is 455 g/mol. The van der Waals surface area contributed by atoms with E-state index in [4.69, 9.17) is 5.73 Å². The Morgan fingerprint density at radius 2 is 2.09 bits per heavy atom. The van der Waals surface area contributed by atoms with E-state index in [1.54, 1.807) is 18.2 Å². The molecule has 0 radical (unpaired) electrons. The molecule has 2 amide bonds. The molecule has 2 aromatic rings. The Balaban J connectivity index is 1.77. The molecule has 1 saturated heterocycles. The number of hydrogen-bond acceptors (Lipinski definition) is 7. The maximum atomic E-state index is 13.4. The van der Waals surface area contributed by atoms with Gasteiger partial charge >= 0.3 is 6.09 Å². The fourth-order valence-corrected chi connectivity index (χ4v) is 4.09. The summed E-state index contributed by atoms with van der Waals surface area (Å²) in [5, 5.41) is 15.5. The Labute approximate surface area is 190 Å². The lowest BCUT2D eigenvalue weighted by Crippen LogP contribution is -2.56. The second-order valence-electron chi connectivity index (χ2n) is 8.26. The Morgan fingerprint density at radius 3 is 2.79 bits per heavy atom. The van der Waals surface area contributed by atoms with Crippen molar-refractivity contribution in [2.45, 2.75) is 43.9 Å². The molecule has 1 fully saturated rings. The van der Waals surface area contributed by atoms with E-state index < -0.39 is 18.3 Å². The molecule has 2 bridgehead atoms. The Bertz CT molecular complexity index is 1090. The summed E-state index contributed by atoms with van der Waals surface area (Å²) in [6, 6.07) is 6.15. The maximum absolute atomic E-state index is 13.4. The van der Waals surface area contributed by atoms with Crippen molar-refractivity contribution in [1.82, 2.24) is 14.9 Å². The number of anilines is 2. The van der Waals surface area contributed by atoms with E-state index in [1.165, 1.54) is 12.0 Å². The standard InChI is InChI=1S/C22H26FN7O3/c1-33-22(32)26-13-6-7-14-17(8-13)27-16(21(31)30-10-12(23)11-30)5-3-2-4-15(25)20-28-18(9-24)19(14)29-20/h6-8,12,15-16,27H,2-5,10-11,25H2,1H3,(H,26,32)(H,28,29)/t15-,16+/m0/s1. The molecule has 0 unspecified atom stereocenters. The zero-order chi connectivity index (χ0) is 23.5. The largest absolute Gasteiger partial charge is 0.453 e. The van der Waals surface area contributed by atoms with Crippen LogP contribution in [-0.4, -0.2) is 59.3 Å². The number of nitrogens with zero attached hydrogens (tertiary/aromatic N) is 3. The van der Waals surface area contributed by atoms with Gasteiger partial charge in [0.25, 0.3) is 0 Å². The Kier molecular flexibility index (Phi) is 6.46. The highest BCUT2D eigenvalue weighted by Crippen LogP contribution is 2.34. The zero-order valence-electron chi connectivity index (χ0n) is 18.2. The van der Waals surface area contributed by atoms with Crippen LogP contribution in [0.3, 0.4) is 0 Å². The van der Waals surface area contributed by atoms with Crippen molar-refractivity contribution in [2.24, 2.45) is 5.73 Å². The van der Waals surface area contributed by atoms with Crippen LogP contribution in [0.15, 0.2) is 18.2 Å². The molecule has 1 aromatic carbocycles. The quantitative estimate of drug-likeness (QED) is 0.544. The number of carbonyl (C=O) groups excluding carboxylic acids is 2. The molecule has 1 aromatic heterocycles. The number of benzene rings is 1. The van der Waals surface area contributed by atoms with Crippen LogP contribution in [0.1, 0.15) is 43.2 Å². The number of halogens is 1. The lowest BCUT2D eigenvalue weighted by molar-refractivity contribution is -0.139. The van der Waals surface area contributed by atoms with Gasteiger partial charge in [-0.1, -0.05) is 12.8 Å². The van der Waals surface area contributed by atoms with Crippen LogP contribution >= 0.6 is 0 Å². The number of nitrogens with one attached hydrogen (secondary N) is 3. The summed E-state index contributed by atoms with van der Waals surface area (Å²) in [7, 11) is 1.26. The molecular weight excluding hydrogens is 429 g/mol. The molecule has 174 valence electrons. The highest BCUT2D eigenvalue weighted by atomic mass is 19.1. The SMILES string of the molecule is COC(=O)Nc1ccc2c(c1)N[C@@H](C(=O)N1CC(F)C1)CCCC[C@H](N)c1nc(C#N)c-2[nH]1. The van der Waals surface area contributed by atoms with Gasteiger partial charge in [-0.2, -0.15) is 5.26 Å². The van der Waals surface area contributed by atoms with Gasteiger partial charge in [0.15, 0.2) is 5.69 Å². The van der Waals surface area contributed by atoms with Gasteiger partial charge in [-0.25, -0.2) is 14.2 Å². The number of aromatic amines is 1. The normalized spacial score (nSPS) is 20.7. The smallest absolute Gasteiger partial charge is 0.411 e. The number of nitrogens with two attached hydrogens (primary N) is 1. The number of fused-ring (bicyclic) bond motifs is 4. The second-order valence-corrected chi connectivity index (χ2v) is 8.26. The fraction of sp³-hybridized carbons (Fsp3) is 0.455. The lowest BCUT2D eigenvalue weighted by Gasteiger charge is -2.37. The molecule has 0 spiro atoms. The average Bonchev–Trinajstić information content (AvgIpc) is 3.22. The summed E-state index contributed by atoms with van der Waals surface area (Å²) in [6.45, 7) is 0.169. The van der Waals surface area contributed by atoms with Gasteiger partial charge in [0, 0.05) is 16.9 Å². The highest BCUT2D eigenvalue weighted by molar-refractivity contribution is 5.91. The van der Waals surface area contributed by atoms with Gasteiger partial charge in [-0.3, -0.25) is 10.1 Å². The van der Waals surface area contributed by atoms with Gasteiger partial charge in [-0.15, -0.1) is 0 Å². The first kappa shape index (κ1) is 22.5. The van der Waals surface area contributed by atoms with Gasteiger partial charge in [0.1, 0.15) is 24.1 Å². The van der Waals surface area contributed by atoms with Crippen LogP contribution in [0.4, 0.5) is 20.6 Å². The number of amides is 2. The van der Waals surface area contributed by atoms with E-state index in [1.807, 2.05) is 0 Å². The number of hydrogen-bond donors (Lipinski definition) is 4. The van der Waals surface area contributed by atoms with Gasteiger partial charge < -0.3 is 25.7 Å². The molecular formula is C22H26FN7O3. The fourth-order valence-electron chi connectivity index (χ4n) is 4.09. The minimum Gasteiger partial charge on any atom is -0.453 e. The summed E-state index contributed by atoms with van der Waals surface area (Å²) in [6.07, 6.45) is 1.01. The van der Waals surface area contributed by atoms with Crippen LogP contribution in [-0.2, 0) is 9.53 Å².